The lowest BCUT2D eigenvalue weighted by Gasteiger charge is -2.34. The second-order valence-electron chi connectivity index (χ2n) is 6.52. The van der Waals surface area contributed by atoms with Gasteiger partial charge in [-0.1, -0.05) is 12.1 Å². The van der Waals surface area contributed by atoms with Crippen molar-refractivity contribution in [2.75, 3.05) is 49.9 Å². The SMILES string of the molecule is Nc1ccccc1S(=O)(=O)NCCCCN1CCN(c2ncccn2)CC1. The Kier molecular flexibility index (Phi) is 6.59. The number of nitrogens with two attached hydrogens (primary N) is 1. The highest BCUT2D eigenvalue weighted by Crippen LogP contribution is 2.16. The van der Waals surface area contributed by atoms with Crippen LogP contribution >= 0.6 is 0 Å². The van der Waals surface area contributed by atoms with Crippen molar-refractivity contribution in [1.29, 1.82) is 0 Å². The van der Waals surface area contributed by atoms with E-state index >= 15 is 0 Å². The normalized spacial score (nSPS) is 15.8. The van der Waals surface area contributed by atoms with Gasteiger partial charge in [0.1, 0.15) is 4.90 Å². The molecule has 0 radical (unpaired) electrons. The number of rotatable bonds is 8. The second kappa shape index (κ2) is 9.12. The van der Waals surface area contributed by atoms with Crippen molar-refractivity contribution in [3.05, 3.63) is 42.7 Å². The van der Waals surface area contributed by atoms with Crippen LogP contribution < -0.4 is 15.4 Å². The first-order chi connectivity index (χ1) is 13.1. The van der Waals surface area contributed by atoms with E-state index in [1.807, 2.05) is 6.07 Å². The van der Waals surface area contributed by atoms with Crippen molar-refractivity contribution in [3.8, 4) is 0 Å². The molecule has 146 valence electrons. The van der Waals surface area contributed by atoms with E-state index in [-0.39, 0.29) is 10.6 Å². The third-order valence-electron chi connectivity index (χ3n) is 4.61. The summed E-state index contributed by atoms with van der Waals surface area (Å²) in [6, 6.07) is 8.32. The molecule has 3 rings (SSSR count). The maximum Gasteiger partial charge on any atom is 0.242 e. The number of hydrogen-bond donors (Lipinski definition) is 2. The largest absolute Gasteiger partial charge is 0.398 e. The molecule has 1 aliphatic heterocycles. The third-order valence-corrected chi connectivity index (χ3v) is 6.14. The molecule has 0 aliphatic carbocycles. The number of unbranched alkanes of at least 4 members (excludes halogenated alkanes) is 1. The monoisotopic (exact) mass is 390 g/mol. The predicted octanol–water partition coefficient (Wildman–Crippen LogP) is 0.939. The average molecular weight is 391 g/mol. The summed E-state index contributed by atoms with van der Waals surface area (Å²) in [6.07, 6.45) is 5.25. The molecule has 0 amide bonds. The number of anilines is 2. The molecule has 0 saturated carbocycles. The van der Waals surface area contributed by atoms with Gasteiger partial charge in [0.25, 0.3) is 0 Å². The Hall–Kier alpha value is -2.23. The summed E-state index contributed by atoms with van der Waals surface area (Å²) in [7, 11) is -3.54. The number of aromatic nitrogens is 2. The van der Waals surface area contributed by atoms with Gasteiger partial charge in [0.15, 0.2) is 0 Å². The van der Waals surface area contributed by atoms with Crippen LogP contribution in [-0.4, -0.2) is 62.6 Å². The van der Waals surface area contributed by atoms with Crippen LogP contribution in [0.3, 0.4) is 0 Å². The quantitative estimate of drug-likeness (QED) is 0.510. The Labute approximate surface area is 160 Å². The van der Waals surface area contributed by atoms with Gasteiger partial charge in [-0.05, 0) is 37.6 Å². The molecule has 0 bridgehead atoms. The van der Waals surface area contributed by atoms with Gasteiger partial charge in [-0.3, -0.25) is 4.90 Å². The Morgan fingerprint density at radius 2 is 1.70 bits per heavy atom. The van der Waals surface area contributed by atoms with Gasteiger partial charge in [0.05, 0.1) is 5.69 Å². The van der Waals surface area contributed by atoms with Crippen LogP contribution in [0.4, 0.5) is 11.6 Å². The lowest BCUT2D eigenvalue weighted by atomic mass is 10.2. The summed E-state index contributed by atoms with van der Waals surface area (Å²) >= 11 is 0. The molecule has 1 aliphatic rings. The lowest BCUT2D eigenvalue weighted by molar-refractivity contribution is 0.252. The number of hydrogen-bond acceptors (Lipinski definition) is 7. The van der Waals surface area contributed by atoms with Crippen LogP contribution in [-0.2, 0) is 10.0 Å². The summed E-state index contributed by atoms with van der Waals surface area (Å²) in [5, 5.41) is 0. The number of nitrogens with one attached hydrogen (secondary N) is 1. The number of sulfonamides is 1. The highest BCUT2D eigenvalue weighted by atomic mass is 32.2. The van der Waals surface area contributed by atoms with Crippen molar-refractivity contribution in [2.24, 2.45) is 0 Å². The Balaban J connectivity index is 1.35. The van der Waals surface area contributed by atoms with Crippen LogP contribution in [0.15, 0.2) is 47.6 Å². The fourth-order valence-corrected chi connectivity index (χ4v) is 4.30. The number of benzene rings is 1. The molecule has 9 heteroatoms. The van der Waals surface area contributed by atoms with E-state index in [1.54, 1.807) is 30.6 Å². The molecule has 1 aromatic heterocycles. The molecule has 0 spiro atoms. The van der Waals surface area contributed by atoms with Gasteiger partial charge in [-0.15, -0.1) is 0 Å². The Morgan fingerprint density at radius 1 is 1.00 bits per heavy atom. The molecule has 1 fully saturated rings. The van der Waals surface area contributed by atoms with E-state index in [2.05, 4.69) is 24.5 Å². The number of para-hydroxylation sites is 1. The molecular weight excluding hydrogens is 364 g/mol. The highest BCUT2D eigenvalue weighted by molar-refractivity contribution is 7.89. The molecule has 8 nitrogen and oxygen atoms in total. The zero-order valence-electron chi connectivity index (χ0n) is 15.3. The van der Waals surface area contributed by atoms with Crippen molar-refractivity contribution in [2.45, 2.75) is 17.7 Å². The predicted molar refractivity (Wildman–Crippen MR) is 106 cm³/mol. The van der Waals surface area contributed by atoms with E-state index in [9.17, 15) is 8.42 Å². The van der Waals surface area contributed by atoms with Gasteiger partial charge in [-0.2, -0.15) is 0 Å². The zero-order chi connectivity index (χ0) is 19.1. The first kappa shape index (κ1) is 19.5. The van der Waals surface area contributed by atoms with E-state index < -0.39 is 10.0 Å². The molecule has 0 atom stereocenters. The minimum atomic E-state index is -3.54. The summed E-state index contributed by atoms with van der Waals surface area (Å²) in [5.74, 6) is 0.784. The standard InChI is InChI=1S/C18H26N6O2S/c19-16-6-1-2-7-17(16)27(25,26)22-10-3-4-11-23-12-14-24(15-13-23)18-20-8-5-9-21-18/h1-2,5-9,22H,3-4,10-15,19H2. The first-order valence-corrected chi connectivity index (χ1v) is 10.6. The highest BCUT2D eigenvalue weighted by Gasteiger charge is 2.19. The molecule has 3 N–H and O–H groups in total. The topological polar surface area (TPSA) is 104 Å². The first-order valence-electron chi connectivity index (χ1n) is 9.15. The molecule has 1 saturated heterocycles. The Bertz CT molecular complexity index is 823. The molecular formula is C18H26N6O2S. The zero-order valence-corrected chi connectivity index (χ0v) is 16.1. The minimum absolute atomic E-state index is 0.143. The van der Waals surface area contributed by atoms with E-state index in [1.165, 1.54) is 6.07 Å². The number of nitrogens with zero attached hydrogens (tertiary/aromatic N) is 4. The summed E-state index contributed by atoms with van der Waals surface area (Å²) < 4.78 is 27.2. The van der Waals surface area contributed by atoms with Crippen molar-refractivity contribution in [1.82, 2.24) is 19.6 Å². The molecule has 2 aromatic rings. The van der Waals surface area contributed by atoms with Crippen LogP contribution in [0.25, 0.3) is 0 Å². The second-order valence-corrected chi connectivity index (χ2v) is 8.26. The van der Waals surface area contributed by atoms with Gasteiger partial charge in [-0.25, -0.2) is 23.1 Å². The van der Waals surface area contributed by atoms with Crippen LogP contribution in [0.5, 0.6) is 0 Å². The molecule has 2 heterocycles. The van der Waals surface area contributed by atoms with Crippen LogP contribution in [0.1, 0.15) is 12.8 Å². The molecule has 1 aromatic carbocycles. The van der Waals surface area contributed by atoms with Crippen molar-refractivity contribution in [3.63, 3.8) is 0 Å². The fraction of sp³-hybridized carbons (Fsp3) is 0.444. The fourth-order valence-electron chi connectivity index (χ4n) is 3.10. The van der Waals surface area contributed by atoms with E-state index in [4.69, 9.17) is 5.73 Å². The summed E-state index contributed by atoms with van der Waals surface area (Å²) in [6.45, 7) is 5.11. The van der Waals surface area contributed by atoms with Gasteiger partial charge in [0.2, 0.25) is 16.0 Å². The smallest absolute Gasteiger partial charge is 0.242 e. The molecule has 27 heavy (non-hydrogen) atoms. The van der Waals surface area contributed by atoms with Crippen molar-refractivity contribution >= 4 is 21.7 Å². The maximum atomic E-state index is 12.3. The van der Waals surface area contributed by atoms with Crippen molar-refractivity contribution < 1.29 is 8.42 Å². The summed E-state index contributed by atoms with van der Waals surface area (Å²) in [4.78, 5) is 13.3. The van der Waals surface area contributed by atoms with Gasteiger partial charge in [0, 0.05) is 45.1 Å². The van der Waals surface area contributed by atoms with Gasteiger partial charge < -0.3 is 10.6 Å². The van der Waals surface area contributed by atoms with E-state index in [0.29, 0.717) is 6.54 Å². The number of piperazine rings is 1. The number of nitrogen functional groups attached to an aromatic ring is 1. The minimum Gasteiger partial charge on any atom is -0.398 e. The lowest BCUT2D eigenvalue weighted by Crippen LogP contribution is -2.47. The molecule has 0 unspecified atom stereocenters. The van der Waals surface area contributed by atoms with E-state index in [0.717, 1.165) is 51.5 Å². The maximum absolute atomic E-state index is 12.3. The average Bonchev–Trinajstić information content (AvgIpc) is 2.69. The summed E-state index contributed by atoms with van der Waals surface area (Å²) in [5.41, 5.74) is 6.02. The third kappa shape index (κ3) is 5.38. The van der Waals surface area contributed by atoms with Gasteiger partial charge >= 0.3 is 0 Å². The van der Waals surface area contributed by atoms with Crippen LogP contribution in [0, 0.1) is 0 Å². The van der Waals surface area contributed by atoms with Crippen LogP contribution in [0.2, 0.25) is 0 Å². The Morgan fingerprint density at radius 3 is 2.41 bits per heavy atom.